The largest absolute Gasteiger partial charge is 0.478 e. The Labute approximate surface area is 119 Å². The molecule has 1 heterocycles. The summed E-state index contributed by atoms with van der Waals surface area (Å²) >= 11 is 5.78. The second kappa shape index (κ2) is 6.16. The minimum atomic E-state index is -1.13. The quantitative estimate of drug-likeness (QED) is 0.872. The molecule has 0 unspecified atom stereocenters. The molecule has 2 aromatic rings. The number of carboxylic acids is 1. The smallest absolute Gasteiger partial charge is 0.328 e. The fourth-order valence-electron chi connectivity index (χ4n) is 1.48. The number of aromatic nitrogens is 1. The minimum Gasteiger partial charge on any atom is -0.478 e. The maximum atomic E-state index is 13.2. The Hall–Kier alpha value is -2.40. The molecule has 0 fully saturated rings. The van der Waals surface area contributed by atoms with Crippen molar-refractivity contribution >= 4 is 23.6 Å². The molecule has 0 saturated carbocycles. The number of nitrogens with zero attached hydrogens (tertiary/aromatic N) is 1. The van der Waals surface area contributed by atoms with Gasteiger partial charge in [-0.2, -0.15) is 0 Å². The van der Waals surface area contributed by atoms with Crippen molar-refractivity contribution in [2.75, 3.05) is 0 Å². The predicted octanol–water partition coefficient (Wildman–Crippen LogP) is 3.76. The van der Waals surface area contributed by atoms with E-state index in [0.29, 0.717) is 22.1 Å². The van der Waals surface area contributed by atoms with E-state index in [9.17, 15) is 9.18 Å². The topological polar surface area (TPSA) is 59.4 Å². The molecule has 0 aliphatic rings. The zero-order valence-electron chi connectivity index (χ0n) is 10.1. The summed E-state index contributed by atoms with van der Waals surface area (Å²) in [4.78, 5) is 14.4. The van der Waals surface area contributed by atoms with Crippen LogP contribution in [0.15, 0.2) is 42.7 Å². The minimum absolute atomic E-state index is 0.298. The first-order chi connectivity index (χ1) is 9.54. The number of benzene rings is 1. The molecule has 0 radical (unpaired) electrons. The van der Waals surface area contributed by atoms with Crippen LogP contribution in [0.3, 0.4) is 0 Å². The van der Waals surface area contributed by atoms with E-state index in [0.717, 1.165) is 6.08 Å². The van der Waals surface area contributed by atoms with Gasteiger partial charge in [0, 0.05) is 23.9 Å². The van der Waals surface area contributed by atoms with Crippen LogP contribution in [0.4, 0.5) is 4.39 Å². The van der Waals surface area contributed by atoms with Crippen molar-refractivity contribution < 1.29 is 19.0 Å². The van der Waals surface area contributed by atoms with Crippen LogP contribution in [0.2, 0.25) is 5.02 Å². The van der Waals surface area contributed by atoms with Gasteiger partial charge in [0.1, 0.15) is 17.3 Å². The Bertz CT molecular complexity index is 673. The molecule has 6 heteroatoms. The number of ether oxygens (including phenoxy) is 1. The van der Waals surface area contributed by atoms with Crippen molar-refractivity contribution in [1.82, 2.24) is 4.98 Å². The van der Waals surface area contributed by atoms with Gasteiger partial charge in [-0.05, 0) is 24.3 Å². The molecule has 0 aliphatic heterocycles. The summed E-state index contributed by atoms with van der Waals surface area (Å²) in [7, 11) is 0. The SMILES string of the molecule is O=C(O)C=Cc1cc(F)ccc1Oc1cncc(Cl)c1. The Morgan fingerprint density at radius 3 is 2.85 bits per heavy atom. The highest BCUT2D eigenvalue weighted by Gasteiger charge is 2.06. The molecule has 0 aliphatic carbocycles. The second-order valence-electron chi connectivity index (χ2n) is 3.79. The highest BCUT2D eigenvalue weighted by Crippen LogP contribution is 2.28. The zero-order chi connectivity index (χ0) is 14.5. The molecule has 0 bridgehead atoms. The lowest BCUT2D eigenvalue weighted by Crippen LogP contribution is -1.91. The predicted molar refractivity (Wildman–Crippen MR) is 72.4 cm³/mol. The first kappa shape index (κ1) is 14.0. The van der Waals surface area contributed by atoms with Gasteiger partial charge in [0.05, 0.1) is 11.2 Å². The van der Waals surface area contributed by atoms with Crippen LogP contribution in [0, 0.1) is 5.82 Å². The van der Waals surface area contributed by atoms with Gasteiger partial charge in [-0.25, -0.2) is 9.18 Å². The molecular weight excluding hydrogens is 285 g/mol. The summed E-state index contributed by atoms with van der Waals surface area (Å²) in [6, 6.07) is 5.33. The fourth-order valence-corrected chi connectivity index (χ4v) is 1.64. The normalized spacial score (nSPS) is 10.7. The molecular formula is C14H9ClFNO3. The van der Waals surface area contributed by atoms with Gasteiger partial charge in [-0.15, -0.1) is 0 Å². The third kappa shape index (κ3) is 3.80. The molecule has 102 valence electrons. The zero-order valence-corrected chi connectivity index (χ0v) is 10.8. The monoisotopic (exact) mass is 293 g/mol. The van der Waals surface area contributed by atoms with Crippen LogP contribution < -0.4 is 4.74 Å². The van der Waals surface area contributed by atoms with Gasteiger partial charge in [0.15, 0.2) is 0 Å². The lowest BCUT2D eigenvalue weighted by molar-refractivity contribution is -0.131. The van der Waals surface area contributed by atoms with Crippen molar-refractivity contribution in [2.24, 2.45) is 0 Å². The van der Waals surface area contributed by atoms with Crippen LogP contribution in [-0.2, 0) is 4.79 Å². The van der Waals surface area contributed by atoms with Crippen LogP contribution in [0.25, 0.3) is 6.08 Å². The van der Waals surface area contributed by atoms with Crippen molar-refractivity contribution in [3.63, 3.8) is 0 Å². The van der Waals surface area contributed by atoms with E-state index < -0.39 is 11.8 Å². The van der Waals surface area contributed by atoms with E-state index in [4.69, 9.17) is 21.4 Å². The second-order valence-corrected chi connectivity index (χ2v) is 4.23. The van der Waals surface area contributed by atoms with Crippen LogP contribution in [-0.4, -0.2) is 16.1 Å². The van der Waals surface area contributed by atoms with Crippen molar-refractivity contribution in [1.29, 1.82) is 0 Å². The molecule has 4 nitrogen and oxygen atoms in total. The fraction of sp³-hybridized carbons (Fsp3) is 0. The first-order valence-corrected chi connectivity index (χ1v) is 5.91. The third-order valence-corrected chi connectivity index (χ3v) is 2.49. The maximum Gasteiger partial charge on any atom is 0.328 e. The Kier molecular flexibility index (Phi) is 4.32. The number of hydrogen-bond acceptors (Lipinski definition) is 3. The molecule has 20 heavy (non-hydrogen) atoms. The first-order valence-electron chi connectivity index (χ1n) is 5.53. The maximum absolute atomic E-state index is 13.2. The number of rotatable bonds is 4. The summed E-state index contributed by atoms with van der Waals surface area (Å²) in [5.41, 5.74) is 0.298. The summed E-state index contributed by atoms with van der Waals surface area (Å²) in [5, 5.41) is 9.01. The van der Waals surface area contributed by atoms with Crippen molar-refractivity contribution in [3.8, 4) is 11.5 Å². The number of carboxylic acid groups (broad SMARTS) is 1. The Morgan fingerprint density at radius 1 is 1.35 bits per heavy atom. The van der Waals surface area contributed by atoms with E-state index in [1.54, 1.807) is 6.07 Å². The number of carbonyl (C=O) groups is 1. The summed E-state index contributed by atoms with van der Waals surface area (Å²) in [6.07, 6.45) is 5.04. The molecule has 1 N–H and O–H groups in total. The molecule has 0 atom stereocenters. The van der Waals surface area contributed by atoms with Gasteiger partial charge in [0.25, 0.3) is 0 Å². The number of aliphatic carboxylic acids is 1. The summed E-state index contributed by atoms with van der Waals surface area (Å²) in [6.45, 7) is 0. The van der Waals surface area contributed by atoms with E-state index >= 15 is 0 Å². The molecule has 1 aromatic carbocycles. The summed E-state index contributed by atoms with van der Waals surface area (Å²) < 4.78 is 18.7. The van der Waals surface area contributed by atoms with E-state index in [1.165, 1.54) is 36.7 Å². The number of pyridine rings is 1. The molecule has 2 rings (SSSR count). The average Bonchev–Trinajstić information content (AvgIpc) is 2.39. The third-order valence-electron chi connectivity index (χ3n) is 2.28. The van der Waals surface area contributed by atoms with Crippen LogP contribution in [0.5, 0.6) is 11.5 Å². The van der Waals surface area contributed by atoms with Crippen LogP contribution in [0.1, 0.15) is 5.56 Å². The van der Waals surface area contributed by atoms with E-state index in [2.05, 4.69) is 4.98 Å². The Morgan fingerprint density at radius 2 is 2.15 bits per heavy atom. The van der Waals surface area contributed by atoms with Crippen LogP contribution >= 0.6 is 11.6 Å². The highest BCUT2D eigenvalue weighted by molar-refractivity contribution is 6.30. The molecule has 1 aromatic heterocycles. The van der Waals surface area contributed by atoms with Gasteiger partial charge >= 0.3 is 5.97 Å². The average molecular weight is 294 g/mol. The lowest BCUT2D eigenvalue weighted by atomic mass is 10.2. The number of halogens is 2. The van der Waals surface area contributed by atoms with Gasteiger partial charge < -0.3 is 9.84 Å². The summed E-state index contributed by atoms with van der Waals surface area (Å²) in [5.74, 6) is -0.960. The molecule has 0 saturated heterocycles. The van der Waals surface area contributed by atoms with E-state index in [-0.39, 0.29) is 0 Å². The standard InChI is InChI=1S/C14H9ClFNO3/c15-10-6-12(8-17-7-10)20-13-3-2-11(16)5-9(13)1-4-14(18)19/h1-8H,(H,18,19). The van der Waals surface area contributed by atoms with Crippen molar-refractivity contribution in [3.05, 3.63) is 59.1 Å². The molecule has 0 amide bonds. The van der Waals surface area contributed by atoms with E-state index in [1.807, 2.05) is 0 Å². The lowest BCUT2D eigenvalue weighted by Gasteiger charge is -2.08. The van der Waals surface area contributed by atoms with Gasteiger partial charge in [0.2, 0.25) is 0 Å². The van der Waals surface area contributed by atoms with Crippen molar-refractivity contribution in [2.45, 2.75) is 0 Å². The van der Waals surface area contributed by atoms with Gasteiger partial charge in [-0.3, -0.25) is 4.98 Å². The Balaban J connectivity index is 2.33. The number of hydrogen-bond donors (Lipinski definition) is 1. The van der Waals surface area contributed by atoms with Gasteiger partial charge in [-0.1, -0.05) is 11.6 Å². The molecule has 0 spiro atoms. The highest BCUT2D eigenvalue weighted by atomic mass is 35.5.